The number of hydrogen-bond donors (Lipinski definition) is 5. The number of ether oxygens (including phenoxy) is 3. The van der Waals surface area contributed by atoms with Crippen LogP contribution in [-0.2, 0) is 22.6 Å². The highest BCUT2D eigenvalue weighted by atomic mass is 16.5. The monoisotopic (exact) mass is 580 g/mol. The maximum absolute atomic E-state index is 12.5. The zero-order chi connectivity index (χ0) is 30.0. The molecule has 12 nitrogen and oxygen atoms in total. The minimum Gasteiger partial charge on any atom is -0.497 e. The zero-order valence-electron chi connectivity index (χ0n) is 24.8. The van der Waals surface area contributed by atoms with Gasteiger partial charge in [-0.15, -0.1) is 0 Å². The van der Waals surface area contributed by atoms with Crippen LogP contribution in [0.5, 0.6) is 5.75 Å². The van der Waals surface area contributed by atoms with Crippen molar-refractivity contribution in [2.75, 3.05) is 62.6 Å². The van der Waals surface area contributed by atoms with Crippen molar-refractivity contribution in [3.8, 4) is 5.75 Å². The topological polar surface area (TPSA) is 158 Å². The van der Waals surface area contributed by atoms with Crippen LogP contribution in [0.2, 0.25) is 0 Å². The number of rotatable bonds is 20. The molecule has 0 fully saturated rings. The third-order valence-electron chi connectivity index (χ3n) is 6.40. The molecule has 1 heterocycles. The Morgan fingerprint density at radius 1 is 0.786 bits per heavy atom. The van der Waals surface area contributed by atoms with Crippen LogP contribution in [0, 0.1) is 0 Å². The molecule has 12 heteroatoms. The molecule has 0 unspecified atom stereocenters. The van der Waals surface area contributed by atoms with Gasteiger partial charge in [0.25, 0.3) is 5.91 Å². The van der Waals surface area contributed by atoms with E-state index >= 15 is 0 Å². The highest BCUT2D eigenvalue weighted by Gasteiger charge is 2.11. The number of carbonyl (C=O) groups excluding carboxylic acids is 1. The van der Waals surface area contributed by atoms with E-state index in [-0.39, 0.29) is 11.9 Å². The summed E-state index contributed by atoms with van der Waals surface area (Å²) >= 11 is 0. The quantitative estimate of drug-likeness (QED) is 0.125. The number of hydrogen-bond acceptors (Lipinski definition) is 11. The first kappa shape index (κ1) is 32.5. The van der Waals surface area contributed by atoms with Crippen molar-refractivity contribution in [2.24, 2.45) is 5.73 Å². The van der Waals surface area contributed by atoms with E-state index in [1.165, 1.54) is 0 Å². The van der Waals surface area contributed by atoms with Gasteiger partial charge in [-0.25, -0.2) is 0 Å². The number of nitrogens with one attached hydrogen (secondary N) is 4. The van der Waals surface area contributed by atoms with E-state index in [0.29, 0.717) is 76.0 Å². The Bertz CT molecular complexity index is 1190. The fourth-order valence-corrected chi connectivity index (χ4v) is 3.90. The molecule has 0 aliphatic heterocycles. The van der Waals surface area contributed by atoms with Gasteiger partial charge in [-0.2, -0.15) is 15.0 Å². The van der Waals surface area contributed by atoms with Crippen LogP contribution >= 0.6 is 0 Å². The first-order valence-electron chi connectivity index (χ1n) is 14.4. The normalized spacial score (nSPS) is 10.9. The summed E-state index contributed by atoms with van der Waals surface area (Å²) in [5.74, 6) is 2.08. The van der Waals surface area contributed by atoms with E-state index in [1.807, 2.05) is 36.4 Å². The summed E-state index contributed by atoms with van der Waals surface area (Å²) in [6.45, 7) is 8.08. The third-order valence-corrected chi connectivity index (χ3v) is 6.40. The first-order chi connectivity index (χ1) is 20.5. The molecule has 3 aromatic rings. The summed E-state index contributed by atoms with van der Waals surface area (Å²) in [6, 6.07) is 15.5. The van der Waals surface area contributed by atoms with Gasteiger partial charge in [-0.3, -0.25) is 4.79 Å². The van der Waals surface area contributed by atoms with Crippen molar-refractivity contribution in [1.29, 1.82) is 0 Å². The number of amides is 1. The van der Waals surface area contributed by atoms with Gasteiger partial charge in [0.05, 0.1) is 33.5 Å². The molecule has 0 radical (unpaired) electrons. The molecule has 3 rings (SSSR count). The van der Waals surface area contributed by atoms with Crippen LogP contribution < -0.4 is 31.7 Å². The molecular formula is C30H44N8O4. The fraction of sp³-hybridized carbons (Fsp3) is 0.467. The third kappa shape index (κ3) is 11.5. The van der Waals surface area contributed by atoms with Gasteiger partial charge in [0.1, 0.15) is 5.75 Å². The second-order valence-electron chi connectivity index (χ2n) is 9.49. The van der Waals surface area contributed by atoms with Gasteiger partial charge in [0.15, 0.2) is 0 Å². The van der Waals surface area contributed by atoms with Crippen molar-refractivity contribution < 1.29 is 19.0 Å². The van der Waals surface area contributed by atoms with Crippen molar-refractivity contribution in [3.05, 3.63) is 65.2 Å². The van der Waals surface area contributed by atoms with Crippen LogP contribution in [0.15, 0.2) is 48.5 Å². The minimum atomic E-state index is -0.153. The molecule has 0 atom stereocenters. The molecule has 0 aliphatic carbocycles. The molecule has 0 spiro atoms. The van der Waals surface area contributed by atoms with Crippen LogP contribution in [-0.4, -0.2) is 73.5 Å². The predicted octanol–water partition coefficient (Wildman–Crippen LogP) is 3.43. The van der Waals surface area contributed by atoms with E-state index in [0.717, 1.165) is 29.7 Å². The van der Waals surface area contributed by atoms with Gasteiger partial charge in [-0.05, 0) is 48.2 Å². The van der Waals surface area contributed by atoms with E-state index < -0.39 is 0 Å². The lowest BCUT2D eigenvalue weighted by Gasteiger charge is -2.16. The van der Waals surface area contributed by atoms with Crippen molar-refractivity contribution in [1.82, 2.24) is 20.3 Å². The highest BCUT2D eigenvalue weighted by Crippen LogP contribution is 2.16. The number of methoxy groups -OCH3 is 1. The molecule has 1 amide bonds. The number of carbonyl (C=O) groups is 1. The van der Waals surface area contributed by atoms with Crippen molar-refractivity contribution in [2.45, 2.75) is 45.8 Å². The number of aromatic nitrogens is 3. The Labute approximate surface area is 248 Å². The first-order valence-corrected chi connectivity index (χ1v) is 14.4. The van der Waals surface area contributed by atoms with E-state index in [2.05, 4.69) is 50.1 Å². The summed E-state index contributed by atoms with van der Waals surface area (Å²) in [5.41, 5.74) is 8.00. The van der Waals surface area contributed by atoms with Gasteiger partial charge < -0.3 is 41.2 Å². The molecule has 42 heavy (non-hydrogen) atoms. The minimum absolute atomic E-state index is 0.153. The Hall–Kier alpha value is -4.00. The van der Waals surface area contributed by atoms with Gasteiger partial charge in [0, 0.05) is 37.8 Å². The molecule has 0 saturated carbocycles. The molecular weight excluding hydrogens is 536 g/mol. The zero-order valence-corrected chi connectivity index (χ0v) is 24.8. The largest absolute Gasteiger partial charge is 0.497 e. The summed E-state index contributed by atoms with van der Waals surface area (Å²) in [7, 11) is 1.65. The SMILES string of the molecule is CCC(CC)Nc1nc(NCc2ccc(OC)cc2)nc(NCc2ccc(C(=O)NCCOCCOCCN)cc2)n1. The lowest BCUT2D eigenvalue weighted by atomic mass is 10.1. The summed E-state index contributed by atoms with van der Waals surface area (Å²) < 4.78 is 15.9. The lowest BCUT2D eigenvalue weighted by molar-refractivity contribution is 0.0511. The van der Waals surface area contributed by atoms with Crippen molar-refractivity contribution in [3.63, 3.8) is 0 Å². The lowest BCUT2D eigenvalue weighted by Crippen LogP contribution is -2.27. The van der Waals surface area contributed by atoms with Gasteiger partial charge in [0.2, 0.25) is 17.8 Å². The Morgan fingerprint density at radius 2 is 1.33 bits per heavy atom. The maximum Gasteiger partial charge on any atom is 0.251 e. The van der Waals surface area contributed by atoms with E-state index in [1.54, 1.807) is 19.2 Å². The van der Waals surface area contributed by atoms with Crippen LogP contribution in [0.1, 0.15) is 48.2 Å². The Kier molecular flexibility index (Phi) is 14.3. The summed E-state index contributed by atoms with van der Waals surface area (Å²) in [5, 5.41) is 12.8. The van der Waals surface area contributed by atoms with Gasteiger partial charge in [-0.1, -0.05) is 38.1 Å². The average Bonchev–Trinajstić information content (AvgIpc) is 3.03. The smallest absolute Gasteiger partial charge is 0.251 e. The molecule has 1 aromatic heterocycles. The molecule has 0 aliphatic rings. The summed E-state index contributed by atoms with van der Waals surface area (Å²) in [4.78, 5) is 26.2. The average molecular weight is 581 g/mol. The highest BCUT2D eigenvalue weighted by molar-refractivity contribution is 5.94. The molecule has 0 saturated heterocycles. The van der Waals surface area contributed by atoms with Crippen molar-refractivity contribution >= 4 is 23.8 Å². The number of benzene rings is 2. The predicted molar refractivity (Wildman–Crippen MR) is 165 cm³/mol. The van der Waals surface area contributed by atoms with E-state index in [4.69, 9.17) is 19.9 Å². The summed E-state index contributed by atoms with van der Waals surface area (Å²) in [6.07, 6.45) is 1.91. The van der Waals surface area contributed by atoms with Crippen LogP contribution in [0.25, 0.3) is 0 Å². The molecule has 6 N–H and O–H groups in total. The van der Waals surface area contributed by atoms with Crippen LogP contribution in [0.3, 0.4) is 0 Å². The second-order valence-corrected chi connectivity index (χ2v) is 9.49. The number of anilines is 3. The van der Waals surface area contributed by atoms with E-state index in [9.17, 15) is 4.79 Å². The molecule has 228 valence electrons. The van der Waals surface area contributed by atoms with Gasteiger partial charge >= 0.3 is 0 Å². The Morgan fingerprint density at radius 3 is 1.88 bits per heavy atom. The number of nitrogens with two attached hydrogens (primary N) is 1. The Balaban J connectivity index is 1.54. The standard InChI is InChI=1S/C30H44N8O4/c1-4-25(5-2)35-30-37-28(36-29(38-30)34-21-23-8-12-26(40-3)13-9-23)33-20-22-6-10-24(11-7-22)27(39)32-15-17-42-19-18-41-16-14-31/h6-13,25H,4-5,14-21,31H2,1-3H3,(H,32,39)(H3,33,34,35,36,37,38). The fourth-order valence-electron chi connectivity index (χ4n) is 3.90. The molecule has 0 bridgehead atoms. The second kappa shape index (κ2) is 18.4. The maximum atomic E-state index is 12.5. The molecule has 2 aromatic carbocycles. The number of nitrogens with zero attached hydrogens (tertiary/aromatic N) is 3. The van der Waals surface area contributed by atoms with Crippen LogP contribution in [0.4, 0.5) is 17.8 Å².